The smallest absolute Gasteiger partial charge is 0.282 e. The van der Waals surface area contributed by atoms with Gasteiger partial charge in [-0.25, -0.2) is 0 Å². The van der Waals surface area contributed by atoms with Crippen molar-refractivity contribution < 1.29 is 17.9 Å². The number of benzene rings is 2. The van der Waals surface area contributed by atoms with Crippen molar-refractivity contribution in [2.75, 3.05) is 7.11 Å². The summed E-state index contributed by atoms with van der Waals surface area (Å²) < 4.78 is 38.8. The zero-order valence-electron chi connectivity index (χ0n) is 13.3. The van der Waals surface area contributed by atoms with Crippen LogP contribution in [-0.4, -0.2) is 27.8 Å². The van der Waals surface area contributed by atoms with Gasteiger partial charge in [0.25, 0.3) is 10.0 Å². The van der Waals surface area contributed by atoms with Crippen molar-refractivity contribution in [3.63, 3.8) is 0 Å². The summed E-state index contributed by atoms with van der Waals surface area (Å²) in [6.07, 6.45) is 1.31. The predicted molar refractivity (Wildman–Crippen MR) is 90.0 cm³/mol. The minimum Gasteiger partial charge on any atom is -0.493 e. The molecule has 0 aromatic heterocycles. The number of hydrogen-bond donors (Lipinski definition) is 0. The third-order valence-electron chi connectivity index (χ3n) is 2.93. The summed E-state index contributed by atoms with van der Waals surface area (Å²) in [7, 11) is -2.18. The van der Waals surface area contributed by atoms with Crippen molar-refractivity contribution in [2.24, 2.45) is 4.40 Å². The van der Waals surface area contributed by atoms with Gasteiger partial charge in [0, 0.05) is 6.21 Å². The lowest BCUT2D eigenvalue weighted by molar-refractivity contribution is 0.230. The van der Waals surface area contributed by atoms with Crippen LogP contribution in [-0.2, 0) is 10.0 Å². The van der Waals surface area contributed by atoms with E-state index in [1.165, 1.54) is 25.5 Å². The lowest BCUT2D eigenvalue weighted by atomic mass is 10.2. The van der Waals surface area contributed by atoms with Gasteiger partial charge in [-0.3, -0.25) is 0 Å². The van der Waals surface area contributed by atoms with Crippen LogP contribution in [0.2, 0.25) is 0 Å². The van der Waals surface area contributed by atoms with Crippen molar-refractivity contribution >= 4 is 16.2 Å². The highest BCUT2D eigenvalue weighted by Gasteiger charge is 2.11. The molecule has 5 nitrogen and oxygen atoms in total. The Bertz CT molecular complexity index is 783. The second-order valence-electron chi connectivity index (χ2n) is 5.10. The van der Waals surface area contributed by atoms with Gasteiger partial charge in [0.05, 0.1) is 18.1 Å². The highest BCUT2D eigenvalue weighted by Crippen LogP contribution is 2.28. The summed E-state index contributed by atoms with van der Waals surface area (Å²) >= 11 is 0. The zero-order valence-corrected chi connectivity index (χ0v) is 14.1. The molecule has 0 aliphatic heterocycles. The molecule has 2 rings (SSSR count). The molecule has 0 radical (unpaired) electrons. The average Bonchev–Trinajstić information content (AvgIpc) is 2.54. The van der Waals surface area contributed by atoms with Gasteiger partial charge in [-0.1, -0.05) is 18.2 Å². The van der Waals surface area contributed by atoms with E-state index >= 15 is 0 Å². The molecule has 2 aromatic rings. The summed E-state index contributed by atoms with van der Waals surface area (Å²) in [6, 6.07) is 13.2. The van der Waals surface area contributed by atoms with E-state index in [0.29, 0.717) is 17.1 Å². The Morgan fingerprint density at radius 1 is 1.04 bits per heavy atom. The van der Waals surface area contributed by atoms with E-state index in [9.17, 15) is 8.42 Å². The first kappa shape index (κ1) is 17.0. The molecule has 0 atom stereocenters. The minimum atomic E-state index is -3.71. The van der Waals surface area contributed by atoms with Gasteiger partial charge in [-0.15, -0.1) is 0 Å². The summed E-state index contributed by atoms with van der Waals surface area (Å²) in [5, 5.41) is 0. The normalized spacial score (nSPS) is 11.8. The van der Waals surface area contributed by atoms with Crippen LogP contribution in [0, 0.1) is 0 Å². The first-order valence-corrected chi connectivity index (χ1v) is 8.56. The van der Waals surface area contributed by atoms with Gasteiger partial charge in [-0.05, 0) is 49.7 Å². The van der Waals surface area contributed by atoms with Crippen molar-refractivity contribution in [1.29, 1.82) is 0 Å². The van der Waals surface area contributed by atoms with E-state index in [0.717, 1.165) is 0 Å². The lowest BCUT2D eigenvalue weighted by Crippen LogP contribution is -2.06. The fraction of sp³-hybridized carbons (Fsp3) is 0.235. The Morgan fingerprint density at radius 3 is 2.35 bits per heavy atom. The third kappa shape index (κ3) is 4.56. The highest BCUT2D eigenvalue weighted by atomic mass is 32.2. The number of ether oxygens (including phenoxy) is 2. The number of methoxy groups -OCH3 is 1. The second-order valence-corrected chi connectivity index (χ2v) is 6.73. The van der Waals surface area contributed by atoms with Gasteiger partial charge >= 0.3 is 0 Å². The zero-order chi connectivity index (χ0) is 16.9. The largest absolute Gasteiger partial charge is 0.493 e. The Balaban J connectivity index is 2.26. The first-order chi connectivity index (χ1) is 10.9. The molecule has 0 heterocycles. The van der Waals surface area contributed by atoms with Crippen LogP contribution in [0.5, 0.6) is 11.5 Å². The first-order valence-electron chi connectivity index (χ1n) is 7.12. The molecule has 6 heteroatoms. The van der Waals surface area contributed by atoms with Crippen LogP contribution in [0.1, 0.15) is 19.4 Å². The van der Waals surface area contributed by atoms with E-state index in [2.05, 4.69) is 4.40 Å². The van der Waals surface area contributed by atoms with Gasteiger partial charge in [-0.2, -0.15) is 12.8 Å². The molecular formula is C17H19NO4S. The molecule has 23 heavy (non-hydrogen) atoms. The maximum absolute atomic E-state index is 12.1. The van der Waals surface area contributed by atoms with Crippen molar-refractivity contribution in [3.05, 3.63) is 54.1 Å². The Morgan fingerprint density at radius 2 is 1.74 bits per heavy atom. The maximum Gasteiger partial charge on any atom is 0.282 e. The number of nitrogens with zero attached hydrogens (tertiary/aromatic N) is 1. The van der Waals surface area contributed by atoms with Crippen molar-refractivity contribution in [1.82, 2.24) is 0 Å². The Labute approximate surface area is 136 Å². The van der Waals surface area contributed by atoms with Crippen molar-refractivity contribution in [3.8, 4) is 11.5 Å². The van der Waals surface area contributed by atoms with Crippen LogP contribution < -0.4 is 9.47 Å². The molecule has 0 unspecified atom stereocenters. The molecule has 0 saturated carbocycles. The van der Waals surface area contributed by atoms with Crippen LogP contribution in [0.15, 0.2) is 57.8 Å². The minimum absolute atomic E-state index is 0.0156. The molecule has 2 aromatic carbocycles. The molecule has 0 saturated heterocycles. The average molecular weight is 333 g/mol. The molecule has 0 amide bonds. The molecule has 0 N–H and O–H groups in total. The molecular weight excluding hydrogens is 314 g/mol. The topological polar surface area (TPSA) is 65.0 Å². The monoisotopic (exact) mass is 333 g/mol. The third-order valence-corrected chi connectivity index (χ3v) is 4.18. The maximum atomic E-state index is 12.1. The lowest BCUT2D eigenvalue weighted by Gasteiger charge is -2.13. The van der Waals surface area contributed by atoms with Crippen molar-refractivity contribution in [2.45, 2.75) is 24.8 Å². The van der Waals surface area contributed by atoms with Crippen LogP contribution in [0.4, 0.5) is 0 Å². The fourth-order valence-corrected chi connectivity index (χ4v) is 2.78. The van der Waals surface area contributed by atoms with Crippen LogP contribution in [0.3, 0.4) is 0 Å². The molecule has 0 bridgehead atoms. The van der Waals surface area contributed by atoms with E-state index in [1.807, 2.05) is 13.8 Å². The Kier molecular flexibility index (Phi) is 5.39. The van der Waals surface area contributed by atoms with E-state index in [1.54, 1.807) is 36.4 Å². The van der Waals surface area contributed by atoms with Gasteiger partial charge in [0.1, 0.15) is 0 Å². The van der Waals surface area contributed by atoms with Gasteiger partial charge in [0.15, 0.2) is 11.5 Å². The number of rotatable bonds is 6. The highest BCUT2D eigenvalue weighted by molar-refractivity contribution is 7.90. The summed E-state index contributed by atoms with van der Waals surface area (Å²) in [6.45, 7) is 3.84. The number of hydrogen-bond acceptors (Lipinski definition) is 4. The summed E-state index contributed by atoms with van der Waals surface area (Å²) in [5.41, 5.74) is 0.609. The summed E-state index contributed by atoms with van der Waals surface area (Å²) in [4.78, 5) is 0.156. The van der Waals surface area contributed by atoms with Gasteiger partial charge < -0.3 is 9.47 Å². The van der Waals surface area contributed by atoms with Crippen LogP contribution >= 0.6 is 0 Å². The van der Waals surface area contributed by atoms with E-state index < -0.39 is 10.0 Å². The second kappa shape index (κ2) is 7.28. The fourth-order valence-electron chi connectivity index (χ4n) is 1.90. The number of sulfonamides is 1. The Hall–Kier alpha value is -2.34. The predicted octanol–water partition coefficient (Wildman–Crippen LogP) is 3.29. The quantitative estimate of drug-likeness (QED) is 0.761. The SMILES string of the molecule is COc1cc(/C=N\S(=O)(=O)c2ccccc2)ccc1OC(C)C. The van der Waals surface area contributed by atoms with Crippen LogP contribution in [0.25, 0.3) is 0 Å². The van der Waals surface area contributed by atoms with E-state index in [4.69, 9.17) is 9.47 Å². The molecule has 0 spiro atoms. The standard InChI is InChI=1S/C17H19NO4S/c1-13(2)22-16-10-9-14(11-17(16)21-3)12-18-23(19,20)15-7-5-4-6-8-15/h4-13H,1-3H3/b18-12-. The van der Waals surface area contributed by atoms with Gasteiger partial charge in [0.2, 0.25) is 0 Å². The molecule has 0 aliphatic rings. The van der Waals surface area contributed by atoms with E-state index in [-0.39, 0.29) is 11.0 Å². The molecule has 0 aliphatic carbocycles. The molecule has 122 valence electrons. The summed E-state index contributed by atoms with van der Waals surface area (Å²) in [5.74, 6) is 1.13. The molecule has 0 fully saturated rings.